The van der Waals surface area contributed by atoms with Crippen LogP contribution in [0.5, 0.6) is 0 Å². The Hall–Kier alpha value is -1.93. The lowest BCUT2D eigenvalue weighted by Crippen LogP contribution is -2.41. The zero-order valence-corrected chi connectivity index (χ0v) is 20.3. The van der Waals surface area contributed by atoms with Gasteiger partial charge in [0.25, 0.3) is 0 Å². The van der Waals surface area contributed by atoms with Crippen LogP contribution in [0.4, 0.5) is 5.69 Å². The van der Waals surface area contributed by atoms with Crippen molar-refractivity contribution in [2.45, 2.75) is 39.0 Å². The van der Waals surface area contributed by atoms with Crippen LogP contribution in [0.1, 0.15) is 37.8 Å². The van der Waals surface area contributed by atoms with Crippen molar-refractivity contribution in [3.05, 3.63) is 64.7 Å². The van der Waals surface area contributed by atoms with Gasteiger partial charge in [0, 0.05) is 36.3 Å². The van der Waals surface area contributed by atoms with Gasteiger partial charge in [0.15, 0.2) is 0 Å². The summed E-state index contributed by atoms with van der Waals surface area (Å²) in [6.45, 7) is 7.89. The van der Waals surface area contributed by atoms with Gasteiger partial charge >= 0.3 is 0 Å². The van der Waals surface area contributed by atoms with E-state index in [-0.39, 0.29) is 17.6 Å². The maximum Gasteiger partial charge on any atom is 0.227 e. The van der Waals surface area contributed by atoms with Crippen LogP contribution in [-0.4, -0.2) is 49.7 Å². The Labute approximate surface area is 196 Å². The van der Waals surface area contributed by atoms with E-state index in [1.165, 1.54) is 9.87 Å². The van der Waals surface area contributed by atoms with Crippen molar-refractivity contribution in [1.82, 2.24) is 9.21 Å². The molecule has 0 bridgehead atoms. The molecule has 3 rings (SSSR count). The molecule has 0 saturated carbocycles. The summed E-state index contributed by atoms with van der Waals surface area (Å²) in [5, 5.41) is 3.51. The number of nitrogens with one attached hydrogen (secondary N) is 1. The Morgan fingerprint density at radius 1 is 1.06 bits per heavy atom. The standard InChI is InChI=1S/C24H32ClN3O3S/c1-3-27(4-2)17-19-8-10-23(11-9-19)26-24(29)21-12-14-28(15-13-21)32(30,31)18-20-6-5-7-22(25)16-20/h5-11,16,21H,3-4,12-15,17-18H2,1-2H3,(H,26,29). The molecule has 0 spiro atoms. The summed E-state index contributed by atoms with van der Waals surface area (Å²) in [7, 11) is -3.44. The Kier molecular flexibility index (Phi) is 8.71. The highest BCUT2D eigenvalue weighted by Crippen LogP contribution is 2.24. The van der Waals surface area contributed by atoms with Crippen LogP contribution in [0.3, 0.4) is 0 Å². The molecule has 1 fully saturated rings. The van der Waals surface area contributed by atoms with Crippen molar-refractivity contribution >= 4 is 33.2 Å². The summed E-state index contributed by atoms with van der Waals surface area (Å²) in [6, 6.07) is 14.9. The number of sulfonamides is 1. The number of nitrogens with zero attached hydrogens (tertiary/aromatic N) is 2. The number of halogens is 1. The quantitative estimate of drug-likeness (QED) is 0.582. The van der Waals surface area contributed by atoms with Crippen LogP contribution in [0.2, 0.25) is 5.02 Å². The molecule has 0 atom stereocenters. The highest BCUT2D eigenvalue weighted by Gasteiger charge is 2.31. The number of benzene rings is 2. The highest BCUT2D eigenvalue weighted by atomic mass is 35.5. The third kappa shape index (κ3) is 6.78. The number of carbonyl (C=O) groups excluding carboxylic acids is 1. The van der Waals surface area contributed by atoms with E-state index in [0.29, 0.717) is 36.5 Å². The fourth-order valence-corrected chi connectivity index (χ4v) is 5.73. The first kappa shape index (κ1) is 24.7. The predicted octanol–water partition coefficient (Wildman–Crippen LogP) is 4.36. The molecule has 1 saturated heterocycles. The lowest BCUT2D eigenvalue weighted by atomic mass is 9.97. The first-order chi connectivity index (χ1) is 15.3. The predicted molar refractivity (Wildman–Crippen MR) is 130 cm³/mol. The van der Waals surface area contributed by atoms with Crippen molar-refractivity contribution in [3.63, 3.8) is 0 Å². The SMILES string of the molecule is CCN(CC)Cc1ccc(NC(=O)C2CCN(S(=O)(=O)Cc3cccc(Cl)c3)CC2)cc1. The van der Waals surface area contributed by atoms with E-state index in [1.807, 2.05) is 24.3 Å². The summed E-state index contributed by atoms with van der Waals surface area (Å²) < 4.78 is 27.0. The van der Waals surface area contributed by atoms with E-state index in [2.05, 4.69) is 24.1 Å². The maximum absolute atomic E-state index is 12.8. The van der Waals surface area contributed by atoms with Crippen LogP contribution < -0.4 is 5.32 Å². The van der Waals surface area contributed by atoms with Gasteiger partial charge in [0.1, 0.15) is 0 Å². The molecule has 1 N–H and O–H groups in total. The normalized spacial score (nSPS) is 15.8. The summed E-state index contributed by atoms with van der Waals surface area (Å²) in [4.78, 5) is 15.0. The lowest BCUT2D eigenvalue weighted by Gasteiger charge is -2.30. The molecule has 2 aromatic carbocycles. The second-order valence-corrected chi connectivity index (χ2v) is 10.6. The minimum Gasteiger partial charge on any atom is -0.326 e. The number of amides is 1. The number of hydrogen-bond donors (Lipinski definition) is 1. The monoisotopic (exact) mass is 477 g/mol. The van der Waals surface area contributed by atoms with Crippen LogP contribution in [0.15, 0.2) is 48.5 Å². The van der Waals surface area contributed by atoms with Crippen LogP contribution in [0.25, 0.3) is 0 Å². The minimum absolute atomic E-state index is 0.0478. The number of carbonyl (C=O) groups is 1. The first-order valence-electron chi connectivity index (χ1n) is 11.1. The van der Waals surface area contributed by atoms with E-state index in [0.717, 1.165) is 25.3 Å². The second kappa shape index (κ2) is 11.3. The molecule has 0 radical (unpaired) electrons. The van der Waals surface area contributed by atoms with E-state index in [4.69, 9.17) is 11.6 Å². The van der Waals surface area contributed by atoms with Crippen molar-refractivity contribution in [2.75, 3.05) is 31.5 Å². The summed E-state index contributed by atoms with van der Waals surface area (Å²) in [6.07, 6.45) is 1.03. The molecule has 2 aromatic rings. The molecule has 0 unspecified atom stereocenters. The summed E-state index contributed by atoms with van der Waals surface area (Å²) >= 11 is 5.97. The van der Waals surface area contributed by atoms with Gasteiger partial charge in [-0.3, -0.25) is 9.69 Å². The third-order valence-electron chi connectivity index (χ3n) is 5.98. The summed E-state index contributed by atoms with van der Waals surface area (Å²) in [5.74, 6) is -0.319. The molecule has 1 aliphatic rings. The minimum atomic E-state index is -3.44. The van der Waals surface area contributed by atoms with Crippen LogP contribution in [-0.2, 0) is 27.1 Å². The molecule has 1 amide bonds. The molecule has 8 heteroatoms. The smallest absolute Gasteiger partial charge is 0.227 e. The van der Waals surface area contributed by atoms with Crippen LogP contribution in [0, 0.1) is 5.92 Å². The first-order valence-corrected chi connectivity index (χ1v) is 13.1. The Morgan fingerprint density at radius 2 is 1.72 bits per heavy atom. The highest BCUT2D eigenvalue weighted by molar-refractivity contribution is 7.88. The van der Waals surface area contributed by atoms with Gasteiger partial charge in [0.2, 0.25) is 15.9 Å². The second-order valence-electron chi connectivity index (χ2n) is 8.21. The van der Waals surface area contributed by atoms with Gasteiger partial charge in [-0.15, -0.1) is 0 Å². The fraction of sp³-hybridized carbons (Fsp3) is 0.458. The Morgan fingerprint density at radius 3 is 2.31 bits per heavy atom. The zero-order chi connectivity index (χ0) is 23.1. The molecule has 6 nitrogen and oxygen atoms in total. The molecular formula is C24H32ClN3O3S. The van der Waals surface area contributed by atoms with Crippen LogP contribution >= 0.6 is 11.6 Å². The van der Waals surface area contributed by atoms with Crippen molar-refractivity contribution in [2.24, 2.45) is 5.92 Å². The van der Waals surface area contributed by atoms with Gasteiger partial charge in [0.05, 0.1) is 5.75 Å². The topological polar surface area (TPSA) is 69.7 Å². The van der Waals surface area contributed by atoms with Gasteiger partial charge in [-0.25, -0.2) is 12.7 Å². The number of rotatable bonds is 9. The number of anilines is 1. The van der Waals surface area contributed by atoms with Gasteiger partial charge in [-0.05, 0) is 61.3 Å². The van der Waals surface area contributed by atoms with Crippen molar-refractivity contribution in [1.29, 1.82) is 0 Å². The van der Waals surface area contributed by atoms with Crippen molar-refractivity contribution in [3.8, 4) is 0 Å². The zero-order valence-electron chi connectivity index (χ0n) is 18.8. The largest absolute Gasteiger partial charge is 0.326 e. The lowest BCUT2D eigenvalue weighted by molar-refractivity contribution is -0.120. The van der Waals surface area contributed by atoms with Gasteiger partial charge < -0.3 is 5.32 Å². The number of hydrogen-bond acceptors (Lipinski definition) is 4. The van der Waals surface area contributed by atoms with E-state index < -0.39 is 10.0 Å². The molecule has 1 heterocycles. The molecule has 32 heavy (non-hydrogen) atoms. The fourth-order valence-electron chi connectivity index (χ4n) is 3.97. The van der Waals surface area contributed by atoms with Gasteiger partial charge in [-0.1, -0.05) is 49.7 Å². The maximum atomic E-state index is 12.8. The van der Waals surface area contributed by atoms with Crippen molar-refractivity contribution < 1.29 is 13.2 Å². The third-order valence-corrected chi connectivity index (χ3v) is 8.06. The van der Waals surface area contributed by atoms with Gasteiger partial charge in [-0.2, -0.15) is 0 Å². The van der Waals surface area contributed by atoms with E-state index in [9.17, 15) is 13.2 Å². The molecular weight excluding hydrogens is 446 g/mol. The number of piperidine rings is 1. The molecule has 0 aromatic heterocycles. The molecule has 0 aliphatic carbocycles. The Bertz CT molecular complexity index is 999. The average molecular weight is 478 g/mol. The molecule has 1 aliphatic heterocycles. The van der Waals surface area contributed by atoms with E-state index in [1.54, 1.807) is 24.3 Å². The molecule has 174 valence electrons. The Balaban J connectivity index is 1.51. The average Bonchev–Trinajstić information content (AvgIpc) is 2.78. The van der Waals surface area contributed by atoms with E-state index >= 15 is 0 Å². The summed E-state index contributed by atoms with van der Waals surface area (Å²) in [5.41, 5.74) is 2.65.